The van der Waals surface area contributed by atoms with Crippen LogP contribution in [0.15, 0.2) is 12.3 Å². The molecule has 1 aliphatic rings. The largest absolute Gasteiger partial charge is 0.378 e. The van der Waals surface area contributed by atoms with Crippen molar-refractivity contribution in [2.75, 3.05) is 31.2 Å². The molecule has 5 heteroatoms. The van der Waals surface area contributed by atoms with Crippen molar-refractivity contribution in [2.24, 2.45) is 0 Å². The average Bonchev–Trinajstić information content (AvgIpc) is 2.39. The first-order valence-electron chi connectivity index (χ1n) is 5.50. The maximum absolute atomic E-state index is 11.5. The minimum Gasteiger partial charge on any atom is -0.378 e. The molecule has 0 saturated carbocycles. The SMILES string of the molecule is CCC(=O)c1ccnc(N2CCOCC2)n1. The molecule has 0 aromatic carbocycles. The molecule has 1 saturated heterocycles. The van der Waals surface area contributed by atoms with Crippen LogP contribution in [0.5, 0.6) is 0 Å². The number of ether oxygens (including phenoxy) is 1. The lowest BCUT2D eigenvalue weighted by atomic mass is 10.2. The minimum absolute atomic E-state index is 0.0527. The highest BCUT2D eigenvalue weighted by molar-refractivity contribution is 5.94. The van der Waals surface area contributed by atoms with Gasteiger partial charge in [0.05, 0.1) is 13.2 Å². The van der Waals surface area contributed by atoms with Crippen LogP contribution in [0.2, 0.25) is 0 Å². The maximum Gasteiger partial charge on any atom is 0.226 e. The topological polar surface area (TPSA) is 55.3 Å². The summed E-state index contributed by atoms with van der Waals surface area (Å²) in [7, 11) is 0. The van der Waals surface area contributed by atoms with Crippen molar-refractivity contribution < 1.29 is 9.53 Å². The van der Waals surface area contributed by atoms with Gasteiger partial charge in [0.1, 0.15) is 5.69 Å². The van der Waals surface area contributed by atoms with E-state index in [4.69, 9.17) is 4.74 Å². The summed E-state index contributed by atoms with van der Waals surface area (Å²) >= 11 is 0. The van der Waals surface area contributed by atoms with E-state index in [1.807, 2.05) is 11.8 Å². The fourth-order valence-corrected chi connectivity index (χ4v) is 1.60. The van der Waals surface area contributed by atoms with Crippen molar-refractivity contribution in [3.63, 3.8) is 0 Å². The summed E-state index contributed by atoms with van der Waals surface area (Å²) in [5.74, 6) is 0.680. The molecule has 0 aliphatic carbocycles. The minimum atomic E-state index is 0.0527. The zero-order valence-electron chi connectivity index (χ0n) is 9.35. The van der Waals surface area contributed by atoms with Gasteiger partial charge in [-0.2, -0.15) is 0 Å². The molecule has 0 N–H and O–H groups in total. The van der Waals surface area contributed by atoms with Crippen LogP contribution in [0.3, 0.4) is 0 Å². The third-order valence-electron chi connectivity index (χ3n) is 2.54. The third kappa shape index (κ3) is 2.36. The highest BCUT2D eigenvalue weighted by Crippen LogP contribution is 2.10. The second-order valence-corrected chi connectivity index (χ2v) is 3.62. The van der Waals surface area contributed by atoms with Crippen LogP contribution in [0.1, 0.15) is 23.8 Å². The van der Waals surface area contributed by atoms with Gasteiger partial charge in [0.2, 0.25) is 5.95 Å². The van der Waals surface area contributed by atoms with E-state index in [0.717, 1.165) is 13.1 Å². The van der Waals surface area contributed by atoms with Gasteiger partial charge in [-0.1, -0.05) is 6.92 Å². The molecule has 0 atom stereocenters. The molecule has 0 unspecified atom stereocenters. The van der Waals surface area contributed by atoms with E-state index >= 15 is 0 Å². The summed E-state index contributed by atoms with van der Waals surface area (Å²) in [4.78, 5) is 22.0. The van der Waals surface area contributed by atoms with Gasteiger partial charge in [0.15, 0.2) is 5.78 Å². The summed E-state index contributed by atoms with van der Waals surface area (Å²) < 4.78 is 5.26. The molecule has 1 aromatic rings. The lowest BCUT2D eigenvalue weighted by Crippen LogP contribution is -2.37. The molecule has 2 heterocycles. The molecule has 0 radical (unpaired) electrons. The molecule has 0 amide bonds. The summed E-state index contributed by atoms with van der Waals surface area (Å²) in [6.07, 6.45) is 2.11. The summed E-state index contributed by atoms with van der Waals surface area (Å²) in [6, 6.07) is 1.66. The van der Waals surface area contributed by atoms with Crippen molar-refractivity contribution in [1.29, 1.82) is 0 Å². The lowest BCUT2D eigenvalue weighted by molar-refractivity contribution is 0.0983. The third-order valence-corrected chi connectivity index (χ3v) is 2.54. The summed E-state index contributed by atoms with van der Waals surface area (Å²) in [6.45, 7) is 4.77. The van der Waals surface area contributed by atoms with Gasteiger partial charge in [0.25, 0.3) is 0 Å². The van der Waals surface area contributed by atoms with Gasteiger partial charge in [-0.25, -0.2) is 9.97 Å². The number of anilines is 1. The number of hydrogen-bond donors (Lipinski definition) is 0. The predicted molar refractivity (Wildman–Crippen MR) is 59.7 cm³/mol. The molecular formula is C11H15N3O2. The van der Waals surface area contributed by atoms with Crippen molar-refractivity contribution in [3.8, 4) is 0 Å². The quantitative estimate of drug-likeness (QED) is 0.710. The number of rotatable bonds is 3. The number of ketones is 1. The second kappa shape index (κ2) is 5.03. The van der Waals surface area contributed by atoms with E-state index < -0.39 is 0 Å². The van der Waals surface area contributed by atoms with E-state index in [-0.39, 0.29) is 5.78 Å². The normalized spacial score (nSPS) is 16.2. The Morgan fingerprint density at radius 1 is 1.50 bits per heavy atom. The molecule has 1 fully saturated rings. The van der Waals surface area contributed by atoms with Crippen molar-refractivity contribution in [2.45, 2.75) is 13.3 Å². The molecule has 0 spiro atoms. The number of Topliss-reactive ketones (excluding diaryl/α,β-unsaturated/α-hetero) is 1. The highest BCUT2D eigenvalue weighted by Gasteiger charge is 2.15. The Kier molecular flexibility index (Phi) is 3.46. The molecule has 2 rings (SSSR count). The molecule has 86 valence electrons. The van der Waals surface area contributed by atoms with Crippen LogP contribution in [0.25, 0.3) is 0 Å². The Hall–Kier alpha value is -1.49. The van der Waals surface area contributed by atoms with Gasteiger partial charge in [0, 0.05) is 25.7 Å². The zero-order chi connectivity index (χ0) is 11.4. The van der Waals surface area contributed by atoms with Gasteiger partial charge in [-0.05, 0) is 6.07 Å². The zero-order valence-corrected chi connectivity index (χ0v) is 9.35. The first-order valence-corrected chi connectivity index (χ1v) is 5.50. The Bertz CT molecular complexity index is 375. The van der Waals surface area contributed by atoms with E-state index in [1.54, 1.807) is 12.3 Å². The fraction of sp³-hybridized carbons (Fsp3) is 0.545. The van der Waals surface area contributed by atoms with Crippen molar-refractivity contribution in [3.05, 3.63) is 18.0 Å². The summed E-state index contributed by atoms with van der Waals surface area (Å²) in [5, 5.41) is 0. The van der Waals surface area contributed by atoms with Crippen LogP contribution >= 0.6 is 0 Å². The van der Waals surface area contributed by atoms with Gasteiger partial charge in [-0.3, -0.25) is 4.79 Å². The monoisotopic (exact) mass is 221 g/mol. The Morgan fingerprint density at radius 3 is 2.94 bits per heavy atom. The highest BCUT2D eigenvalue weighted by atomic mass is 16.5. The number of carbonyl (C=O) groups is 1. The molecular weight excluding hydrogens is 206 g/mol. The Morgan fingerprint density at radius 2 is 2.25 bits per heavy atom. The lowest BCUT2D eigenvalue weighted by Gasteiger charge is -2.26. The van der Waals surface area contributed by atoms with E-state index in [9.17, 15) is 4.79 Å². The molecule has 16 heavy (non-hydrogen) atoms. The molecule has 0 bridgehead atoms. The standard InChI is InChI=1S/C11H15N3O2/c1-2-10(15)9-3-4-12-11(13-9)14-5-7-16-8-6-14/h3-4H,2,5-8H2,1H3. The number of aromatic nitrogens is 2. The number of hydrogen-bond acceptors (Lipinski definition) is 5. The first kappa shape index (κ1) is 11.0. The second-order valence-electron chi connectivity index (χ2n) is 3.62. The van der Waals surface area contributed by atoms with Crippen LogP contribution in [-0.2, 0) is 4.74 Å². The molecule has 5 nitrogen and oxygen atoms in total. The number of nitrogens with zero attached hydrogens (tertiary/aromatic N) is 3. The van der Waals surface area contributed by atoms with Crippen molar-refractivity contribution in [1.82, 2.24) is 9.97 Å². The summed E-state index contributed by atoms with van der Waals surface area (Å²) in [5.41, 5.74) is 0.499. The molecule has 1 aliphatic heterocycles. The van der Waals surface area contributed by atoms with Crippen LogP contribution in [-0.4, -0.2) is 42.1 Å². The van der Waals surface area contributed by atoms with Crippen molar-refractivity contribution >= 4 is 11.7 Å². The van der Waals surface area contributed by atoms with Crippen LogP contribution in [0, 0.1) is 0 Å². The van der Waals surface area contributed by atoms with E-state index in [1.165, 1.54) is 0 Å². The predicted octanol–water partition coefficient (Wildman–Crippen LogP) is 0.906. The number of morpholine rings is 1. The average molecular weight is 221 g/mol. The Labute approximate surface area is 94.5 Å². The fourth-order valence-electron chi connectivity index (χ4n) is 1.60. The van der Waals surface area contributed by atoms with Gasteiger partial charge >= 0.3 is 0 Å². The van der Waals surface area contributed by atoms with Crippen LogP contribution < -0.4 is 4.90 Å². The Balaban J connectivity index is 2.17. The van der Waals surface area contributed by atoms with E-state index in [2.05, 4.69) is 9.97 Å². The first-order chi connectivity index (χ1) is 7.81. The van der Waals surface area contributed by atoms with E-state index in [0.29, 0.717) is 31.3 Å². The smallest absolute Gasteiger partial charge is 0.226 e. The maximum atomic E-state index is 11.5. The van der Waals surface area contributed by atoms with Gasteiger partial charge in [-0.15, -0.1) is 0 Å². The number of carbonyl (C=O) groups excluding carboxylic acids is 1. The molecule has 1 aromatic heterocycles. The van der Waals surface area contributed by atoms with Gasteiger partial charge < -0.3 is 9.64 Å². The van der Waals surface area contributed by atoms with Crippen LogP contribution in [0.4, 0.5) is 5.95 Å².